The summed E-state index contributed by atoms with van der Waals surface area (Å²) in [6.45, 7) is 8.94. The van der Waals surface area contributed by atoms with Gasteiger partial charge in [-0.2, -0.15) is 0 Å². The molecule has 9 heteroatoms. The summed E-state index contributed by atoms with van der Waals surface area (Å²) in [5.41, 5.74) is 1.14. The van der Waals surface area contributed by atoms with Crippen molar-refractivity contribution in [2.24, 2.45) is 10.9 Å². The molecule has 144 valence electrons. The molecule has 1 aliphatic rings. The Morgan fingerprint density at radius 2 is 2.08 bits per heavy atom. The smallest absolute Gasteiger partial charge is 0.191 e. The van der Waals surface area contributed by atoms with Gasteiger partial charge in [0.2, 0.25) is 0 Å². The van der Waals surface area contributed by atoms with Crippen LogP contribution in [0.1, 0.15) is 33.6 Å². The van der Waals surface area contributed by atoms with Gasteiger partial charge in [0.1, 0.15) is 11.6 Å². The van der Waals surface area contributed by atoms with Crippen molar-refractivity contribution in [3.63, 3.8) is 0 Å². The molecule has 2 aromatic heterocycles. The van der Waals surface area contributed by atoms with Crippen LogP contribution in [0.3, 0.4) is 0 Å². The zero-order valence-corrected chi connectivity index (χ0v) is 19.0. The zero-order chi connectivity index (χ0) is 17.8. The van der Waals surface area contributed by atoms with Crippen molar-refractivity contribution in [1.29, 1.82) is 0 Å². The van der Waals surface area contributed by atoms with E-state index in [0.717, 1.165) is 62.2 Å². The Morgan fingerprint density at radius 3 is 2.77 bits per heavy atom. The average Bonchev–Trinajstić information content (AvgIpc) is 3.13. The number of nitrogens with one attached hydrogen (secondary N) is 2. The van der Waals surface area contributed by atoms with Crippen LogP contribution in [0.15, 0.2) is 4.99 Å². The van der Waals surface area contributed by atoms with E-state index in [4.69, 9.17) is 0 Å². The topological polar surface area (TPSA) is 80.0 Å². The normalized spacial score (nSPS) is 16.8. The molecule has 0 radical (unpaired) electrons. The first-order valence-electron chi connectivity index (χ1n) is 8.83. The molecule has 0 saturated heterocycles. The van der Waals surface area contributed by atoms with Gasteiger partial charge in [-0.25, -0.2) is 4.98 Å². The molecule has 0 saturated carbocycles. The number of hydrogen-bond donors (Lipinski definition) is 2. The quantitative estimate of drug-likeness (QED) is 0.383. The SMILES string of the molecule is CN=C(NCCc1nc(C)c(C)s1)NCC1CCc2nnc(C)n2C1.I. The van der Waals surface area contributed by atoms with Crippen LogP contribution < -0.4 is 10.6 Å². The van der Waals surface area contributed by atoms with Gasteiger partial charge in [-0.1, -0.05) is 0 Å². The van der Waals surface area contributed by atoms with Gasteiger partial charge in [0, 0.05) is 44.4 Å². The van der Waals surface area contributed by atoms with Gasteiger partial charge >= 0.3 is 0 Å². The fourth-order valence-electron chi connectivity index (χ4n) is 3.09. The van der Waals surface area contributed by atoms with Gasteiger partial charge in [-0.05, 0) is 33.1 Å². The van der Waals surface area contributed by atoms with Crippen molar-refractivity contribution in [2.75, 3.05) is 20.1 Å². The molecule has 0 aliphatic carbocycles. The van der Waals surface area contributed by atoms with E-state index in [0.29, 0.717) is 5.92 Å². The van der Waals surface area contributed by atoms with Crippen LogP contribution in [0, 0.1) is 26.7 Å². The molecule has 0 spiro atoms. The Hall–Kier alpha value is -1.23. The van der Waals surface area contributed by atoms with Crippen molar-refractivity contribution >= 4 is 41.3 Å². The van der Waals surface area contributed by atoms with Crippen LogP contribution >= 0.6 is 35.3 Å². The van der Waals surface area contributed by atoms with Crippen molar-refractivity contribution in [2.45, 2.75) is 46.6 Å². The lowest BCUT2D eigenvalue weighted by Gasteiger charge is -2.25. The van der Waals surface area contributed by atoms with Crippen LogP contribution in [-0.4, -0.2) is 45.8 Å². The Balaban J connectivity index is 0.00000243. The van der Waals surface area contributed by atoms with Crippen molar-refractivity contribution in [1.82, 2.24) is 30.4 Å². The summed E-state index contributed by atoms with van der Waals surface area (Å²) in [6.07, 6.45) is 3.06. The largest absolute Gasteiger partial charge is 0.356 e. The molecule has 1 atom stereocenters. The number of halogens is 1. The van der Waals surface area contributed by atoms with E-state index < -0.39 is 0 Å². The van der Waals surface area contributed by atoms with E-state index in [1.165, 1.54) is 9.88 Å². The molecule has 3 rings (SSSR count). The maximum atomic E-state index is 4.58. The summed E-state index contributed by atoms with van der Waals surface area (Å²) < 4.78 is 2.24. The third kappa shape index (κ3) is 5.15. The van der Waals surface area contributed by atoms with Crippen LogP contribution in [0.5, 0.6) is 0 Å². The minimum atomic E-state index is 0. The molecule has 0 bridgehead atoms. The summed E-state index contributed by atoms with van der Waals surface area (Å²) in [6, 6.07) is 0. The number of aryl methyl sites for hydroxylation is 4. The minimum absolute atomic E-state index is 0. The third-order valence-corrected chi connectivity index (χ3v) is 5.85. The first kappa shape index (κ1) is 21.1. The molecular weight excluding hydrogens is 461 g/mol. The van der Waals surface area contributed by atoms with E-state index in [-0.39, 0.29) is 24.0 Å². The highest BCUT2D eigenvalue weighted by Crippen LogP contribution is 2.19. The first-order chi connectivity index (χ1) is 12.1. The van der Waals surface area contributed by atoms with E-state index >= 15 is 0 Å². The second-order valence-electron chi connectivity index (χ2n) is 6.56. The molecular formula is C17H28IN7S. The third-order valence-electron chi connectivity index (χ3n) is 4.72. The second kappa shape index (κ2) is 9.63. The van der Waals surface area contributed by atoms with Crippen molar-refractivity contribution < 1.29 is 0 Å². The summed E-state index contributed by atoms with van der Waals surface area (Å²) in [5.74, 6) is 3.56. The Bertz CT molecular complexity index is 733. The van der Waals surface area contributed by atoms with E-state index in [2.05, 4.69) is 49.2 Å². The molecule has 26 heavy (non-hydrogen) atoms. The zero-order valence-electron chi connectivity index (χ0n) is 15.9. The lowest BCUT2D eigenvalue weighted by molar-refractivity contribution is 0.358. The summed E-state index contributed by atoms with van der Waals surface area (Å²) >= 11 is 1.78. The highest BCUT2D eigenvalue weighted by molar-refractivity contribution is 14.0. The summed E-state index contributed by atoms with van der Waals surface area (Å²) in [4.78, 5) is 10.2. The molecule has 0 fully saturated rings. The Labute approximate surface area is 176 Å². The van der Waals surface area contributed by atoms with E-state index in [1.807, 2.05) is 14.0 Å². The molecule has 3 heterocycles. The number of aliphatic imine (C=N–C) groups is 1. The Morgan fingerprint density at radius 1 is 1.27 bits per heavy atom. The van der Waals surface area contributed by atoms with Crippen LogP contribution in [0.4, 0.5) is 0 Å². The van der Waals surface area contributed by atoms with Gasteiger partial charge in [0.25, 0.3) is 0 Å². The van der Waals surface area contributed by atoms with Crippen LogP contribution in [-0.2, 0) is 19.4 Å². The highest BCUT2D eigenvalue weighted by Gasteiger charge is 2.21. The number of nitrogens with zero attached hydrogens (tertiary/aromatic N) is 5. The predicted octanol–water partition coefficient (Wildman–Crippen LogP) is 2.25. The highest BCUT2D eigenvalue weighted by atomic mass is 127. The maximum absolute atomic E-state index is 4.58. The number of rotatable bonds is 5. The number of aromatic nitrogens is 4. The fraction of sp³-hybridized carbons (Fsp3) is 0.647. The Kier molecular flexibility index (Phi) is 7.81. The van der Waals surface area contributed by atoms with Crippen molar-refractivity contribution in [3.05, 3.63) is 27.2 Å². The number of thiazole rings is 1. The van der Waals surface area contributed by atoms with E-state index in [1.54, 1.807) is 11.3 Å². The van der Waals surface area contributed by atoms with Crippen LogP contribution in [0.2, 0.25) is 0 Å². The summed E-state index contributed by atoms with van der Waals surface area (Å²) in [5, 5.41) is 16.4. The second-order valence-corrected chi connectivity index (χ2v) is 7.85. The monoisotopic (exact) mass is 489 g/mol. The van der Waals surface area contributed by atoms with E-state index in [9.17, 15) is 0 Å². The van der Waals surface area contributed by atoms with Gasteiger partial charge in [-0.3, -0.25) is 4.99 Å². The molecule has 1 unspecified atom stereocenters. The van der Waals surface area contributed by atoms with Gasteiger partial charge in [0.05, 0.1) is 10.7 Å². The number of hydrogen-bond acceptors (Lipinski definition) is 5. The average molecular weight is 489 g/mol. The summed E-state index contributed by atoms with van der Waals surface area (Å²) in [7, 11) is 1.82. The molecule has 2 N–H and O–H groups in total. The number of fused-ring (bicyclic) bond motifs is 1. The lowest BCUT2D eigenvalue weighted by Crippen LogP contribution is -2.42. The molecule has 7 nitrogen and oxygen atoms in total. The lowest BCUT2D eigenvalue weighted by atomic mass is 9.99. The van der Waals surface area contributed by atoms with Gasteiger partial charge in [0.15, 0.2) is 5.96 Å². The van der Waals surface area contributed by atoms with Gasteiger partial charge < -0.3 is 15.2 Å². The van der Waals surface area contributed by atoms with Crippen molar-refractivity contribution in [3.8, 4) is 0 Å². The molecule has 0 amide bonds. The molecule has 1 aliphatic heterocycles. The molecule has 2 aromatic rings. The van der Waals surface area contributed by atoms with Crippen LogP contribution in [0.25, 0.3) is 0 Å². The predicted molar refractivity (Wildman–Crippen MR) is 117 cm³/mol. The minimum Gasteiger partial charge on any atom is -0.356 e. The first-order valence-corrected chi connectivity index (χ1v) is 9.64. The van der Waals surface area contributed by atoms with Gasteiger partial charge in [-0.15, -0.1) is 45.5 Å². The standard InChI is InChI=1S/C17H27N7S.HI/c1-11-12(2)25-16(21-11)7-8-19-17(18-4)20-9-14-5-6-15-23-22-13(3)24(15)10-14;/h14H,5-10H2,1-4H3,(H2,18,19,20);1H. The molecule has 0 aromatic carbocycles. The number of guanidine groups is 1. The maximum Gasteiger partial charge on any atom is 0.191 e. The fourth-order valence-corrected chi connectivity index (χ4v) is 4.03.